The number of aromatic carboxylic acids is 1. The molecule has 0 radical (unpaired) electrons. The summed E-state index contributed by atoms with van der Waals surface area (Å²) in [5, 5.41) is 8.91. The van der Waals surface area contributed by atoms with Crippen LogP contribution in [-0.2, 0) is 14.8 Å². The average Bonchev–Trinajstić information content (AvgIpc) is 2.43. The number of rotatable bonds is 6. The van der Waals surface area contributed by atoms with Gasteiger partial charge in [0.15, 0.2) is 0 Å². The van der Waals surface area contributed by atoms with Gasteiger partial charge in [0.2, 0.25) is 15.9 Å². The zero-order valence-corrected chi connectivity index (χ0v) is 12.6. The molecular formula is C12H16N2O6S. The summed E-state index contributed by atoms with van der Waals surface area (Å²) in [6, 6.07) is 3.45. The van der Waals surface area contributed by atoms with Crippen molar-refractivity contribution in [2.24, 2.45) is 0 Å². The lowest BCUT2D eigenvalue weighted by molar-refractivity contribution is -0.127. The van der Waals surface area contributed by atoms with E-state index in [1.54, 1.807) is 0 Å². The van der Waals surface area contributed by atoms with Gasteiger partial charge in [-0.1, -0.05) is 0 Å². The Morgan fingerprint density at radius 1 is 1.33 bits per heavy atom. The van der Waals surface area contributed by atoms with E-state index in [4.69, 9.17) is 9.84 Å². The monoisotopic (exact) mass is 316 g/mol. The van der Waals surface area contributed by atoms with Gasteiger partial charge in [0.25, 0.3) is 0 Å². The molecule has 0 aliphatic heterocycles. The van der Waals surface area contributed by atoms with Crippen LogP contribution >= 0.6 is 0 Å². The molecule has 0 aliphatic rings. The van der Waals surface area contributed by atoms with Gasteiger partial charge in [-0.2, -0.15) is 0 Å². The van der Waals surface area contributed by atoms with Crippen LogP contribution in [0.3, 0.4) is 0 Å². The van der Waals surface area contributed by atoms with Crippen LogP contribution in [0.2, 0.25) is 0 Å². The van der Waals surface area contributed by atoms with Crippen LogP contribution in [-0.4, -0.2) is 58.1 Å². The van der Waals surface area contributed by atoms with Gasteiger partial charge in [-0.15, -0.1) is 0 Å². The highest BCUT2D eigenvalue weighted by molar-refractivity contribution is 7.89. The first-order valence-electron chi connectivity index (χ1n) is 5.80. The molecular weight excluding hydrogens is 300 g/mol. The smallest absolute Gasteiger partial charge is 0.335 e. The van der Waals surface area contributed by atoms with E-state index in [2.05, 4.69) is 4.72 Å². The summed E-state index contributed by atoms with van der Waals surface area (Å²) in [6.45, 7) is -0.435. The van der Waals surface area contributed by atoms with Gasteiger partial charge in [0.1, 0.15) is 10.6 Å². The molecule has 0 aromatic heterocycles. The van der Waals surface area contributed by atoms with E-state index < -0.39 is 28.4 Å². The molecule has 1 aromatic rings. The Kier molecular flexibility index (Phi) is 5.28. The Bertz CT molecular complexity index is 654. The zero-order chi connectivity index (χ0) is 16.2. The van der Waals surface area contributed by atoms with Crippen LogP contribution < -0.4 is 9.46 Å². The minimum Gasteiger partial charge on any atom is -0.495 e. The third-order valence-corrected chi connectivity index (χ3v) is 4.03. The Balaban J connectivity index is 3.14. The van der Waals surface area contributed by atoms with Crippen LogP contribution in [0.25, 0.3) is 0 Å². The SMILES string of the molecule is COc1ccc(C(=O)O)cc1S(=O)(=O)NCC(=O)N(C)C. The minimum atomic E-state index is -4.07. The Labute approximate surface area is 122 Å². The third kappa shape index (κ3) is 4.17. The fourth-order valence-corrected chi connectivity index (χ4v) is 2.58. The molecule has 0 spiro atoms. The molecule has 1 aromatic carbocycles. The maximum atomic E-state index is 12.2. The van der Waals surface area contributed by atoms with Crippen molar-refractivity contribution < 1.29 is 27.9 Å². The highest BCUT2D eigenvalue weighted by Crippen LogP contribution is 2.24. The number of carboxylic acids is 1. The third-order valence-electron chi connectivity index (χ3n) is 2.61. The van der Waals surface area contributed by atoms with Crippen LogP contribution in [0.15, 0.2) is 23.1 Å². The molecule has 0 saturated heterocycles. The number of nitrogens with one attached hydrogen (secondary N) is 1. The summed E-state index contributed by atoms with van der Waals surface area (Å²) in [5.74, 6) is -1.71. The molecule has 9 heteroatoms. The molecule has 8 nitrogen and oxygen atoms in total. The first-order valence-corrected chi connectivity index (χ1v) is 7.28. The maximum Gasteiger partial charge on any atom is 0.335 e. The number of likely N-dealkylation sites (N-methyl/N-ethyl adjacent to an activating group) is 1. The molecule has 1 rings (SSSR count). The van der Waals surface area contributed by atoms with E-state index in [0.29, 0.717) is 0 Å². The van der Waals surface area contributed by atoms with E-state index in [9.17, 15) is 18.0 Å². The van der Waals surface area contributed by atoms with Crippen molar-refractivity contribution in [3.63, 3.8) is 0 Å². The lowest BCUT2D eigenvalue weighted by atomic mass is 10.2. The van der Waals surface area contributed by atoms with Crippen molar-refractivity contribution in [1.29, 1.82) is 0 Å². The maximum absolute atomic E-state index is 12.2. The van der Waals surface area contributed by atoms with Gasteiger partial charge in [-0.3, -0.25) is 4.79 Å². The zero-order valence-electron chi connectivity index (χ0n) is 11.8. The van der Waals surface area contributed by atoms with Gasteiger partial charge < -0.3 is 14.7 Å². The summed E-state index contributed by atoms with van der Waals surface area (Å²) >= 11 is 0. The fraction of sp³-hybridized carbons (Fsp3) is 0.333. The molecule has 0 aliphatic carbocycles. The molecule has 0 saturated carbocycles. The number of carbonyl (C=O) groups excluding carboxylic acids is 1. The van der Waals surface area contributed by atoms with Crippen molar-refractivity contribution in [3.05, 3.63) is 23.8 Å². The number of methoxy groups -OCH3 is 1. The number of hydrogen-bond acceptors (Lipinski definition) is 5. The van der Waals surface area contributed by atoms with E-state index >= 15 is 0 Å². The van der Waals surface area contributed by atoms with Gasteiger partial charge in [-0.05, 0) is 18.2 Å². The molecule has 0 unspecified atom stereocenters. The molecule has 116 valence electrons. The first kappa shape index (κ1) is 16.9. The number of amides is 1. The highest BCUT2D eigenvalue weighted by atomic mass is 32.2. The summed E-state index contributed by atoms with van der Waals surface area (Å²) in [6.07, 6.45) is 0. The largest absolute Gasteiger partial charge is 0.495 e. The quantitative estimate of drug-likeness (QED) is 0.749. The topological polar surface area (TPSA) is 113 Å². The van der Waals surface area contributed by atoms with Crippen LogP contribution in [0, 0.1) is 0 Å². The van der Waals surface area contributed by atoms with E-state index in [1.165, 1.54) is 38.2 Å². The summed E-state index contributed by atoms with van der Waals surface area (Å²) in [7, 11) is 0.167. The predicted molar refractivity (Wildman–Crippen MR) is 73.8 cm³/mol. The summed E-state index contributed by atoms with van der Waals surface area (Å²) < 4.78 is 31.3. The second-order valence-corrected chi connectivity index (χ2v) is 6.02. The van der Waals surface area contributed by atoms with Crippen LogP contribution in [0.1, 0.15) is 10.4 Å². The molecule has 2 N–H and O–H groups in total. The van der Waals surface area contributed by atoms with E-state index in [0.717, 1.165) is 6.07 Å². The molecule has 1 amide bonds. The predicted octanol–water partition coefficient (Wildman–Crippen LogP) is -0.240. The van der Waals surface area contributed by atoms with E-state index in [-0.39, 0.29) is 16.2 Å². The van der Waals surface area contributed by atoms with Crippen molar-refractivity contribution in [1.82, 2.24) is 9.62 Å². The molecule has 21 heavy (non-hydrogen) atoms. The first-order chi connectivity index (χ1) is 9.69. The van der Waals surface area contributed by atoms with E-state index in [1.807, 2.05) is 0 Å². The van der Waals surface area contributed by atoms with Gasteiger partial charge in [0, 0.05) is 14.1 Å². The number of hydrogen-bond donors (Lipinski definition) is 2. The summed E-state index contributed by atoms with van der Waals surface area (Å²) in [4.78, 5) is 23.2. The molecule has 0 heterocycles. The Hall–Kier alpha value is -2.13. The summed E-state index contributed by atoms with van der Waals surface area (Å²) in [5.41, 5.74) is -0.199. The second-order valence-electron chi connectivity index (χ2n) is 4.28. The van der Waals surface area contributed by atoms with Gasteiger partial charge in [0.05, 0.1) is 19.2 Å². The lowest BCUT2D eigenvalue weighted by Crippen LogP contribution is -2.36. The molecule has 0 fully saturated rings. The number of sulfonamides is 1. The van der Waals surface area contributed by atoms with Crippen molar-refractivity contribution in [3.8, 4) is 5.75 Å². The van der Waals surface area contributed by atoms with Crippen LogP contribution in [0.5, 0.6) is 5.75 Å². The Morgan fingerprint density at radius 2 is 1.95 bits per heavy atom. The van der Waals surface area contributed by atoms with Crippen molar-refractivity contribution in [2.45, 2.75) is 4.90 Å². The standard InChI is InChI=1S/C12H16N2O6S/c1-14(2)11(15)7-13-21(18,19)10-6-8(12(16)17)4-5-9(10)20-3/h4-6,13H,7H2,1-3H3,(H,16,17). The van der Waals surface area contributed by atoms with Gasteiger partial charge >= 0.3 is 5.97 Å². The van der Waals surface area contributed by atoms with Crippen LogP contribution in [0.4, 0.5) is 0 Å². The number of benzene rings is 1. The second kappa shape index (κ2) is 6.55. The highest BCUT2D eigenvalue weighted by Gasteiger charge is 2.22. The number of carboxylic acid groups (broad SMARTS) is 1. The van der Waals surface area contributed by atoms with Crippen molar-refractivity contribution in [2.75, 3.05) is 27.7 Å². The van der Waals surface area contributed by atoms with Gasteiger partial charge in [-0.25, -0.2) is 17.9 Å². The lowest BCUT2D eigenvalue weighted by Gasteiger charge is -2.13. The molecule has 0 bridgehead atoms. The number of nitrogens with zero attached hydrogens (tertiary/aromatic N) is 1. The van der Waals surface area contributed by atoms with Crippen molar-refractivity contribution >= 4 is 21.9 Å². The number of ether oxygens (including phenoxy) is 1. The normalized spacial score (nSPS) is 11.0. The Morgan fingerprint density at radius 3 is 2.43 bits per heavy atom. The minimum absolute atomic E-state index is 0.00944. The number of carbonyl (C=O) groups is 2. The average molecular weight is 316 g/mol. The fourth-order valence-electron chi connectivity index (χ4n) is 1.41. The molecule has 0 atom stereocenters.